The minimum atomic E-state index is -1.22. The number of nitrogen functional groups attached to an aromatic ring is 1. The number of aromatic carboxylic acids is 1. The molecule has 78 valence electrons. The van der Waals surface area contributed by atoms with Gasteiger partial charge in [0.25, 0.3) is 0 Å². The van der Waals surface area contributed by atoms with Crippen molar-refractivity contribution in [3.8, 4) is 11.8 Å². The summed E-state index contributed by atoms with van der Waals surface area (Å²) in [5, 5.41) is 8.80. The van der Waals surface area contributed by atoms with Crippen LogP contribution in [0.25, 0.3) is 0 Å². The molecule has 0 radical (unpaired) electrons. The SMILES string of the molecule is CC#Cc1cc(C(=O)O)c(N)c(Br)c1F. The highest BCUT2D eigenvalue weighted by molar-refractivity contribution is 9.10. The molecule has 0 aliphatic carbocycles. The predicted molar refractivity (Wildman–Crippen MR) is 58.0 cm³/mol. The van der Waals surface area contributed by atoms with Crippen LogP contribution in [0.2, 0.25) is 0 Å². The Balaban J connectivity index is 3.57. The lowest BCUT2D eigenvalue weighted by Crippen LogP contribution is -2.06. The molecule has 1 rings (SSSR count). The van der Waals surface area contributed by atoms with Crippen LogP contribution in [0.15, 0.2) is 10.5 Å². The second-order valence-electron chi connectivity index (χ2n) is 2.69. The molecule has 0 atom stereocenters. The summed E-state index contributed by atoms with van der Waals surface area (Å²) in [5.74, 6) is 3.10. The Labute approximate surface area is 94.2 Å². The van der Waals surface area contributed by atoms with Gasteiger partial charge in [-0.25, -0.2) is 9.18 Å². The van der Waals surface area contributed by atoms with E-state index in [1.807, 2.05) is 0 Å². The number of carboxylic acids is 1. The summed E-state index contributed by atoms with van der Waals surface area (Å²) in [5.41, 5.74) is 5.14. The van der Waals surface area contributed by atoms with E-state index in [2.05, 4.69) is 27.8 Å². The normalized spacial score (nSPS) is 9.27. The maximum atomic E-state index is 13.5. The van der Waals surface area contributed by atoms with Crippen LogP contribution in [0.3, 0.4) is 0 Å². The highest BCUT2D eigenvalue weighted by atomic mass is 79.9. The van der Waals surface area contributed by atoms with Crippen molar-refractivity contribution < 1.29 is 14.3 Å². The van der Waals surface area contributed by atoms with Crippen molar-refractivity contribution >= 4 is 27.6 Å². The summed E-state index contributed by atoms with van der Waals surface area (Å²) in [4.78, 5) is 10.8. The van der Waals surface area contributed by atoms with Crippen LogP contribution < -0.4 is 5.73 Å². The Morgan fingerprint density at radius 3 is 2.73 bits per heavy atom. The van der Waals surface area contributed by atoms with Gasteiger partial charge in [0.15, 0.2) is 5.82 Å². The molecule has 5 heteroatoms. The largest absolute Gasteiger partial charge is 0.478 e. The zero-order valence-corrected chi connectivity index (χ0v) is 9.35. The van der Waals surface area contributed by atoms with Crippen molar-refractivity contribution in [2.75, 3.05) is 5.73 Å². The van der Waals surface area contributed by atoms with Crippen LogP contribution in [0.4, 0.5) is 10.1 Å². The second-order valence-corrected chi connectivity index (χ2v) is 3.49. The molecule has 0 aliphatic rings. The lowest BCUT2D eigenvalue weighted by atomic mass is 10.1. The molecule has 0 spiro atoms. The van der Waals surface area contributed by atoms with Gasteiger partial charge in [0.2, 0.25) is 0 Å². The molecule has 15 heavy (non-hydrogen) atoms. The van der Waals surface area contributed by atoms with Crippen molar-refractivity contribution in [2.24, 2.45) is 0 Å². The van der Waals surface area contributed by atoms with Crippen LogP contribution >= 0.6 is 15.9 Å². The van der Waals surface area contributed by atoms with Gasteiger partial charge < -0.3 is 10.8 Å². The van der Waals surface area contributed by atoms with Crippen LogP contribution in [0.5, 0.6) is 0 Å². The van der Waals surface area contributed by atoms with Gasteiger partial charge in [0.05, 0.1) is 21.3 Å². The maximum Gasteiger partial charge on any atom is 0.337 e. The molecule has 3 nitrogen and oxygen atoms in total. The van der Waals surface area contributed by atoms with Gasteiger partial charge in [0.1, 0.15) is 0 Å². The van der Waals surface area contributed by atoms with Crippen LogP contribution in [-0.4, -0.2) is 11.1 Å². The lowest BCUT2D eigenvalue weighted by molar-refractivity contribution is 0.0698. The van der Waals surface area contributed by atoms with E-state index in [4.69, 9.17) is 10.8 Å². The monoisotopic (exact) mass is 271 g/mol. The van der Waals surface area contributed by atoms with E-state index in [0.29, 0.717) is 0 Å². The van der Waals surface area contributed by atoms with Crippen LogP contribution in [0, 0.1) is 17.7 Å². The molecule has 0 bridgehead atoms. The number of rotatable bonds is 1. The first kappa shape index (κ1) is 11.5. The second kappa shape index (κ2) is 4.32. The first-order valence-corrected chi connectivity index (χ1v) is 4.71. The fraction of sp³-hybridized carbons (Fsp3) is 0.100. The van der Waals surface area contributed by atoms with Gasteiger partial charge >= 0.3 is 5.97 Å². The number of anilines is 1. The molecular formula is C10H7BrFNO2. The summed E-state index contributed by atoms with van der Waals surface area (Å²) in [6.45, 7) is 1.53. The van der Waals surface area contributed by atoms with Gasteiger partial charge in [-0.3, -0.25) is 0 Å². The zero-order valence-electron chi connectivity index (χ0n) is 7.77. The van der Waals surface area contributed by atoms with E-state index in [1.165, 1.54) is 6.92 Å². The lowest BCUT2D eigenvalue weighted by Gasteiger charge is -2.06. The topological polar surface area (TPSA) is 63.3 Å². The van der Waals surface area contributed by atoms with Gasteiger partial charge in [0, 0.05) is 0 Å². The third-order valence-corrected chi connectivity index (χ3v) is 2.51. The molecule has 0 aliphatic heterocycles. The smallest absolute Gasteiger partial charge is 0.337 e. The molecule has 0 saturated carbocycles. The molecule has 0 saturated heterocycles. The number of carboxylic acid groups (broad SMARTS) is 1. The number of benzene rings is 1. The molecule has 3 N–H and O–H groups in total. The van der Waals surface area contributed by atoms with Gasteiger partial charge in [-0.15, -0.1) is 5.92 Å². The average Bonchev–Trinajstić information content (AvgIpc) is 2.18. The van der Waals surface area contributed by atoms with Crippen molar-refractivity contribution in [3.63, 3.8) is 0 Å². The Kier molecular flexibility index (Phi) is 3.32. The van der Waals surface area contributed by atoms with E-state index in [-0.39, 0.29) is 21.3 Å². The van der Waals surface area contributed by atoms with Crippen molar-refractivity contribution in [1.82, 2.24) is 0 Å². The van der Waals surface area contributed by atoms with E-state index in [1.54, 1.807) is 0 Å². The fourth-order valence-corrected chi connectivity index (χ4v) is 1.47. The quantitative estimate of drug-likeness (QED) is 0.608. The predicted octanol–water partition coefficient (Wildman–Crippen LogP) is 2.24. The summed E-state index contributed by atoms with van der Waals surface area (Å²) in [6, 6.07) is 1.12. The molecular weight excluding hydrogens is 265 g/mol. The Morgan fingerprint density at radius 2 is 2.27 bits per heavy atom. The van der Waals surface area contributed by atoms with Gasteiger partial charge in [-0.05, 0) is 28.9 Å². The summed E-state index contributed by atoms with van der Waals surface area (Å²) < 4.78 is 13.4. The van der Waals surface area contributed by atoms with Gasteiger partial charge in [-0.2, -0.15) is 0 Å². The standard InChI is InChI=1S/C10H7BrFNO2/c1-2-3-5-4-6(10(14)15)9(13)7(11)8(5)12/h4H,13H2,1H3,(H,14,15). The maximum absolute atomic E-state index is 13.5. The van der Waals surface area contributed by atoms with E-state index in [9.17, 15) is 9.18 Å². The molecule has 1 aromatic rings. The number of hydrogen-bond donors (Lipinski definition) is 2. The molecule has 1 aromatic carbocycles. The first-order chi connectivity index (χ1) is 6.99. The number of hydrogen-bond acceptors (Lipinski definition) is 2. The van der Waals surface area contributed by atoms with Gasteiger partial charge in [-0.1, -0.05) is 5.92 Å². The minimum absolute atomic E-state index is 0.0102. The first-order valence-electron chi connectivity index (χ1n) is 3.92. The molecule has 0 fully saturated rings. The number of halogens is 2. The number of nitrogens with two attached hydrogens (primary N) is 1. The van der Waals surface area contributed by atoms with Crippen molar-refractivity contribution in [2.45, 2.75) is 6.92 Å². The summed E-state index contributed by atoms with van der Waals surface area (Å²) in [7, 11) is 0. The average molecular weight is 272 g/mol. The molecule has 0 aromatic heterocycles. The molecule has 0 amide bonds. The highest BCUT2D eigenvalue weighted by Crippen LogP contribution is 2.29. The van der Waals surface area contributed by atoms with E-state index >= 15 is 0 Å². The third kappa shape index (κ3) is 2.10. The zero-order chi connectivity index (χ0) is 11.6. The van der Waals surface area contributed by atoms with Crippen molar-refractivity contribution in [3.05, 3.63) is 27.5 Å². The Bertz CT molecular complexity index is 488. The van der Waals surface area contributed by atoms with E-state index in [0.717, 1.165) is 6.07 Å². The summed E-state index contributed by atoms with van der Waals surface area (Å²) in [6.07, 6.45) is 0. The number of carbonyl (C=O) groups is 1. The summed E-state index contributed by atoms with van der Waals surface area (Å²) >= 11 is 2.89. The highest BCUT2D eigenvalue weighted by Gasteiger charge is 2.17. The fourth-order valence-electron chi connectivity index (χ4n) is 1.04. The van der Waals surface area contributed by atoms with E-state index < -0.39 is 11.8 Å². The van der Waals surface area contributed by atoms with Crippen LogP contribution in [-0.2, 0) is 0 Å². The van der Waals surface area contributed by atoms with Crippen LogP contribution in [0.1, 0.15) is 22.8 Å². The Morgan fingerprint density at radius 1 is 1.67 bits per heavy atom. The van der Waals surface area contributed by atoms with Crippen molar-refractivity contribution in [1.29, 1.82) is 0 Å². The molecule has 0 unspecified atom stereocenters. The third-order valence-electron chi connectivity index (χ3n) is 1.73. The Hall–Kier alpha value is -1.54. The molecule has 0 heterocycles. The minimum Gasteiger partial charge on any atom is -0.478 e.